The number of hydrogen-bond donors (Lipinski definition) is 1. The first-order valence-electron chi connectivity index (χ1n) is 5.57. The van der Waals surface area contributed by atoms with Gasteiger partial charge in [0.05, 0.1) is 12.1 Å². The highest BCUT2D eigenvalue weighted by Gasteiger charge is 2.29. The van der Waals surface area contributed by atoms with Gasteiger partial charge in [0.25, 0.3) is 5.92 Å². The highest BCUT2D eigenvalue weighted by atomic mass is 19.3. The average Bonchev–Trinajstić information content (AvgIpc) is 2.27. The summed E-state index contributed by atoms with van der Waals surface area (Å²) in [6, 6.07) is 5.00. The second-order valence-electron chi connectivity index (χ2n) is 4.99. The predicted molar refractivity (Wildman–Crippen MR) is 64.6 cm³/mol. The van der Waals surface area contributed by atoms with E-state index in [1.165, 1.54) is 24.3 Å². The lowest BCUT2D eigenvalue weighted by molar-refractivity contribution is 0.00422. The Bertz CT molecular complexity index is 422. The van der Waals surface area contributed by atoms with Crippen molar-refractivity contribution in [2.24, 2.45) is 5.73 Å². The van der Waals surface area contributed by atoms with Crippen molar-refractivity contribution in [3.8, 4) is 0 Å². The minimum atomic E-state index is -3.08. The lowest BCUT2D eigenvalue weighted by Gasteiger charge is -2.20. The number of carbonyl (C=O) groups excluding carboxylic acids is 1. The smallest absolute Gasteiger partial charge is 0.338 e. The lowest BCUT2D eigenvalue weighted by Crippen LogP contribution is -2.26. The van der Waals surface area contributed by atoms with Crippen molar-refractivity contribution >= 4 is 5.97 Å². The molecule has 1 aromatic carbocycles. The van der Waals surface area contributed by atoms with E-state index in [1.807, 2.05) is 0 Å². The van der Waals surface area contributed by atoms with Gasteiger partial charge in [-0.3, -0.25) is 0 Å². The zero-order valence-corrected chi connectivity index (χ0v) is 10.7. The Morgan fingerprint density at radius 1 is 1.22 bits per heavy atom. The quantitative estimate of drug-likeness (QED) is 0.847. The monoisotopic (exact) mass is 257 g/mol. The maximum absolute atomic E-state index is 13.2. The Kier molecular flexibility index (Phi) is 4.06. The average molecular weight is 257 g/mol. The van der Waals surface area contributed by atoms with Gasteiger partial charge in [-0.15, -0.1) is 0 Å². The maximum atomic E-state index is 13.2. The van der Waals surface area contributed by atoms with Crippen LogP contribution < -0.4 is 5.73 Å². The normalized spacial score (nSPS) is 12.3. The summed E-state index contributed by atoms with van der Waals surface area (Å²) in [4.78, 5) is 11.7. The van der Waals surface area contributed by atoms with E-state index in [0.717, 1.165) is 0 Å². The van der Waals surface area contributed by atoms with Crippen molar-refractivity contribution < 1.29 is 18.3 Å². The van der Waals surface area contributed by atoms with E-state index in [9.17, 15) is 13.6 Å². The Labute approximate surface area is 105 Å². The molecule has 0 unspecified atom stereocenters. The Morgan fingerprint density at radius 3 is 2.11 bits per heavy atom. The lowest BCUT2D eigenvalue weighted by atomic mass is 10.1. The van der Waals surface area contributed by atoms with Crippen LogP contribution in [0.5, 0.6) is 0 Å². The summed E-state index contributed by atoms with van der Waals surface area (Å²) in [6.45, 7) is 4.45. The molecule has 0 saturated heterocycles. The molecule has 2 N–H and O–H groups in total. The number of benzene rings is 1. The second kappa shape index (κ2) is 5.02. The molecule has 1 rings (SSSR count). The van der Waals surface area contributed by atoms with Gasteiger partial charge in [0.2, 0.25) is 0 Å². The predicted octanol–water partition coefficient (Wildman–Crippen LogP) is 2.69. The highest BCUT2D eigenvalue weighted by molar-refractivity contribution is 5.89. The SMILES string of the molecule is CC(C)(C)OC(=O)c1ccc(C(F)(F)CN)cc1. The van der Waals surface area contributed by atoms with Crippen molar-refractivity contribution in [1.82, 2.24) is 0 Å². The van der Waals surface area contributed by atoms with E-state index in [2.05, 4.69) is 0 Å². The van der Waals surface area contributed by atoms with Crippen LogP contribution in [0.1, 0.15) is 36.7 Å². The standard InChI is InChI=1S/C13H17F2NO2/c1-12(2,3)18-11(17)9-4-6-10(7-5-9)13(14,15)8-16/h4-7H,8,16H2,1-3H3. The van der Waals surface area contributed by atoms with E-state index in [1.54, 1.807) is 20.8 Å². The maximum Gasteiger partial charge on any atom is 0.338 e. The number of nitrogens with two attached hydrogens (primary N) is 1. The second-order valence-corrected chi connectivity index (χ2v) is 4.99. The van der Waals surface area contributed by atoms with Crippen molar-refractivity contribution in [1.29, 1.82) is 0 Å². The minimum absolute atomic E-state index is 0.211. The van der Waals surface area contributed by atoms with Crippen LogP contribution >= 0.6 is 0 Å². The van der Waals surface area contributed by atoms with Crippen LogP contribution in [0.25, 0.3) is 0 Å². The first kappa shape index (κ1) is 14.6. The molecular formula is C13H17F2NO2. The number of alkyl halides is 2. The third-order valence-electron chi connectivity index (χ3n) is 2.20. The molecule has 0 aliphatic carbocycles. The van der Waals surface area contributed by atoms with Crippen LogP contribution in [0.2, 0.25) is 0 Å². The van der Waals surface area contributed by atoms with Gasteiger partial charge in [0.15, 0.2) is 0 Å². The van der Waals surface area contributed by atoms with Gasteiger partial charge in [-0.1, -0.05) is 12.1 Å². The van der Waals surface area contributed by atoms with Crippen LogP contribution in [0.4, 0.5) is 8.78 Å². The fraction of sp³-hybridized carbons (Fsp3) is 0.462. The summed E-state index contributed by atoms with van der Waals surface area (Å²) >= 11 is 0. The van der Waals surface area contributed by atoms with Crippen molar-refractivity contribution in [2.75, 3.05) is 6.54 Å². The Morgan fingerprint density at radius 2 is 1.72 bits per heavy atom. The molecule has 0 radical (unpaired) electrons. The third-order valence-corrected chi connectivity index (χ3v) is 2.20. The van der Waals surface area contributed by atoms with Crippen molar-refractivity contribution in [3.63, 3.8) is 0 Å². The molecule has 18 heavy (non-hydrogen) atoms. The topological polar surface area (TPSA) is 52.3 Å². The molecule has 0 bridgehead atoms. The number of esters is 1. The summed E-state index contributed by atoms with van der Waals surface area (Å²) in [5, 5.41) is 0. The fourth-order valence-corrected chi connectivity index (χ4v) is 1.31. The van der Waals surface area contributed by atoms with Crippen molar-refractivity contribution in [3.05, 3.63) is 35.4 Å². The van der Waals surface area contributed by atoms with Gasteiger partial charge >= 0.3 is 5.97 Å². The number of halogens is 2. The van der Waals surface area contributed by atoms with Gasteiger partial charge in [-0.25, -0.2) is 4.79 Å². The minimum Gasteiger partial charge on any atom is -0.456 e. The fourth-order valence-electron chi connectivity index (χ4n) is 1.31. The first-order chi connectivity index (χ1) is 8.15. The van der Waals surface area contributed by atoms with Crippen LogP contribution in [-0.2, 0) is 10.7 Å². The summed E-state index contributed by atoms with van der Waals surface area (Å²) in [7, 11) is 0. The molecule has 0 aliphatic heterocycles. The summed E-state index contributed by atoms with van der Waals surface area (Å²) in [5.41, 5.74) is 4.39. The van der Waals surface area contributed by atoms with Gasteiger partial charge in [0.1, 0.15) is 5.60 Å². The van der Waals surface area contributed by atoms with Crippen LogP contribution in [0.15, 0.2) is 24.3 Å². The van der Waals surface area contributed by atoms with Gasteiger partial charge in [-0.05, 0) is 32.9 Å². The first-order valence-corrected chi connectivity index (χ1v) is 5.57. The zero-order valence-electron chi connectivity index (χ0n) is 10.7. The molecule has 0 amide bonds. The Hall–Kier alpha value is -1.49. The third kappa shape index (κ3) is 3.77. The molecule has 3 nitrogen and oxygen atoms in total. The highest BCUT2D eigenvalue weighted by Crippen LogP contribution is 2.26. The number of hydrogen-bond acceptors (Lipinski definition) is 3. The summed E-state index contributed by atoms with van der Waals surface area (Å²) < 4.78 is 31.6. The van der Waals surface area contributed by atoms with Gasteiger partial charge in [0, 0.05) is 5.56 Å². The molecule has 0 atom stereocenters. The molecule has 1 aromatic rings. The molecule has 0 spiro atoms. The number of carbonyl (C=O) groups is 1. The summed E-state index contributed by atoms with van der Waals surface area (Å²) in [6.07, 6.45) is 0. The van der Waals surface area contributed by atoms with Crippen LogP contribution in [-0.4, -0.2) is 18.1 Å². The molecule has 0 saturated carbocycles. The molecule has 100 valence electrons. The molecule has 0 fully saturated rings. The molecule has 0 aromatic heterocycles. The van der Waals surface area contributed by atoms with E-state index in [4.69, 9.17) is 10.5 Å². The largest absolute Gasteiger partial charge is 0.456 e. The Balaban J connectivity index is 2.87. The molecular weight excluding hydrogens is 240 g/mol. The summed E-state index contributed by atoms with van der Waals surface area (Å²) in [5.74, 6) is -3.61. The van der Waals surface area contributed by atoms with Crippen molar-refractivity contribution in [2.45, 2.75) is 32.3 Å². The van der Waals surface area contributed by atoms with E-state index in [0.29, 0.717) is 0 Å². The van der Waals surface area contributed by atoms with Gasteiger partial charge in [-0.2, -0.15) is 8.78 Å². The van der Waals surface area contributed by atoms with Gasteiger partial charge < -0.3 is 10.5 Å². The van der Waals surface area contributed by atoms with Crippen LogP contribution in [0.3, 0.4) is 0 Å². The van der Waals surface area contributed by atoms with Crippen LogP contribution in [0, 0.1) is 0 Å². The molecule has 0 heterocycles. The molecule has 0 aliphatic rings. The van der Waals surface area contributed by atoms with E-state index >= 15 is 0 Å². The zero-order chi connectivity index (χ0) is 14.0. The number of ether oxygens (including phenoxy) is 1. The number of rotatable bonds is 3. The van der Waals surface area contributed by atoms with E-state index < -0.39 is 24.0 Å². The van der Waals surface area contributed by atoms with E-state index in [-0.39, 0.29) is 11.1 Å². The molecule has 5 heteroatoms.